The molecule has 0 radical (unpaired) electrons. The Morgan fingerprint density at radius 3 is 2.73 bits per heavy atom. The van der Waals surface area contributed by atoms with E-state index in [2.05, 4.69) is 16.5 Å². The van der Waals surface area contributed by atoms with Crippen LogP contribution in [0, 0.1) is 12.8 Å². The van der Waals surface area contributed by atoms with Crippen molar-refractivity contribution in [1.29, 1.82) is 0 Å². The molecule has 22 heavy (non-hydrogen) atoms. The van der Waals surface area contributed by atoms with Crippen molar-refractivity contribution in [1.82, 2.24) is 9.62 Å². The molecule has 6 heteroatoms. The fourth-order valence-electron chi connectivity index (χ4n) is 2.63. The topological polar surface area (TPSA) is 58.6 Å². The van der Waals surface area contributed by atoms with Gasteiger partial charge in [-0.25, -0.2) is 13.1 Å². The summed E-state index contributed by atoms with van der Waals surface area (Å²) in [5, 5.41) is 0. The molecule has 0 unspecified atom stereocenters. The first-order chi connectivity index (χ1) is 10.4. The highest BCUT2D eigenvalue weighted by atomic mass is 32.2. The number of nitrogens with one attached hydrogen (secondary N) is 1. The summed E-state index contributed by atoms with van der Waals surface area (Å²) in [6.45, 7) is 8.82. The zero-order valence-corrected chi connectivity index (χ0v) is 14.2. The minimum absolute atomic E-state index is 0.0406. The van der Waals surface area contributed by atoms with Gasteiger partial charge < -0.3 is 4.74 Å². The predicted molar refractivity (Wildman–Crippen MR) is 88.2 cm³/mol. The van der Waals surface area contributed by atoms with Crippen molar-refractivity contribution in [3.63, 3.8) is 0 Å². The third-order valence-corrected chi connectivity index (χ3v) is 5.08. The van der Waals surface area contributed by atoms with Gasteiger partial charge in [0.15, 0.2) is 0 Å². The molecule has 1 aliphatic heterocycles. The molecule has 1 N–H and O–H groups in total. The predicted octanol–water partition coefficient (Wildman–Crippen LogP) is 1.38. The summed E-state index contributed by atoms with van der Waals surface area (Å²) in [5.74, 6) is 0.323. The second kappa shape index (κ2) is 8.06. The summed E-state index contributed by atoms with van der Waals surface area (Å²) >= 11 is 0. The van der Waals surface area contributed by atoms with Crippen LogP contribution in [0.25, 0.3) is 0 Å². The number of hydrogen-bond acceptors (Lipinski definition) is 4. The Bertz CT molecular complexity index is 569. The van der Waals surface area contributed by atoms with Gasteiger partial charge in [0.25, 0.3) is 0 Å². The number of aryl methyl sites for hydroxylation is 1. The third kappa shape index (κ3) is 6.04. The summed E-state index contributed by atoms with van der Waals surface area (Å²) in [7, 11) is -3.28. The van der Waals surface area contributed by atoms with E-state index in [4.69, 9.17) is 4.74 Å². The van der Waals surface area contributed by atoms with E-state index in [1.54, 1.807) is 0 Å². The number of ether oxygens (including phenoxy) is 1. The molecular formula is C16H26N2O3S. The second-order valence-electron chi connectivity index (χ2n) is 6.11. The van der Waals surface area contributed by atoms with Gasteiger partial charge in [-0.15, -0.1) is 0 Å². The lowest BCUT2D eigenvalue weighted by atomic mass is 10.1. The minimum Gasteiger partial charge on any atom is -0.379 e. The molecule has 124 valence electrons. The largest absolute Gasteiger partial charge is 0.379 e. The SMILES string of the molecule is Cc1cccc(CS(=O)(=O)NC[C@@H](C)CN2CCOCC2)c1. The normalized spacial score (nSPS) is 18.3. The average molecular weight is 326 g/mol. The van der Waals surface area contributed by atoms with Gasteiger partial charge in [-0.1, -0.05) is 36.8 Å². The molecule has 0 spiro atoms. The number of rotatable bonds is 7. The van der Waals surface area contributed by atoms with E-state index in [-0.39, 0.29) is 11.7 Å². The zero-order chi connectivity index (χ0) is 16.0. The van der Waals surface area contributed by atoms with Crippen molar-refractivity contribution in [3.05, 3.63) is 35.4 Å². The number of nitrogens with zero attached hydrogens (tertiary/aromatic N) is 1. The van der Waals surface area contributed by atoms with Gasteiger partial charge in [-0.05, 0) is 18.4 Å². The summed E-state index contributed by atoms with van der Waals surface area (Å²) in [5.41, 5.74) is 1.90. The Labute approximate surface area is 133 Å². The standard InChI is InChI=1S/C16H26N2O3S/c1-14-4-3-5-16(10-14)13-22(19,20)17-11-15(2)12-18-6-8-21-9-7-18/h3-5,10,15,17H,6-9,11-13H2,1-2H3/t15-/m1/s1. The lowest BCUT2D eigenvalue weighted by Crippen LogP contribution is -2.41. The van der Waals surface area contributed by atoms with Crippen LogP contribution in [0.5, 0.6) is 0 Å². The Morgan fingerprint density at radius 1 is 1.32 bits per heavy atom. The van der Waals surface area contributed by atoms with Crippen molar-refractivity contribution in [2.75, 3.05) is 39.4 Å². The van der Waals surface area contributed by atoms with Crippen LogP contribution in [0.2, 0.25) is 0 Å². The fourth-order valence-corrected chi connectivity index (χ4v) is 3.89. The minimum atomic E-state index is -3.28. The Hall–Kier alpha value is -0.950. The highest BCUT2D eigenvalue weighted by molar-refractivity contribution is 7.88. The van der Waals surface area contributed by atoms with Crippen LogP contribution in [-0.2, 0) is 20.5 Å². The molecule has 0 aromatic heterocycles. The number of morpholine rings is 1. The Kier molecular flexibility index (Phi) is 6.37. The van der Waals surface area contributed by atoms with Crippen molar-refractivity contribution in [2.45, 2.75) is 19.6 Å². The van der Waals surface area contributed by atoms with E-state index < -0.39 is 10.0 Å². The highest BCUT2D eigenvalue weighted by Gasteiger charge is 2.16. The van der Waals surface area contributed by atoms with E-state index >= 15 is 0 Å². The molecule has 5 nitrogen and oxygen atoms in total. The van der Waals surface area contributed by atoms with Crippen molar-refractivity contribution in [3.8, 4) is 0 Å². The molecule has 1 saturated heterocycles. The van der Waals surface area contributed by atoms with Crippen LogP contribution in [0.1, 0.15) is 18.1 Å². The number of sulfonamides is 1. The highest BCUT2D eigenvalue weighted by Crippen LogP contribution is 2.08. The maximum atomic E-state index is 12.2. The molecule has 1 atom stereocenters. The maximum absolute atomic E-state index is 12.2. The lowest BCUT2D eigenvalue weighted by molar-refractivity contribution is 0.0321. The van der Waals surface area contributed by atoms with Crippen LogP contribution in [0.4, 0.5) is 0 Å². The van der Waals surface area contributed by atoms with Crippen molar-refractivity contribution in [2.24, 2.45) is 5.92 Å². The van der Waals surface area contributed by atoms with Gasteiger partial charge in [0, 0.05) is 26.2 Å². The van der Waals surface area contributed by atoms with Crippen LogP contribution < -0.4 is 4.72 Å². The van der Waals surface area contributed by atoms with E-state index in [9.17, 15) is 8.42 Å². The zero-order valence-electron chi connectivity index (χ0n) is 13.4. The first-order valence-electron chi connectivity index (χ1n) is 7.77. The molecule has 0 bridgehead atoms. The fraction of sp³-hybridized carbons (Fsp3) is 0.625. The molecule has 1 aromatic rings. The van der Waals surface area contributed by atoms with Gasteiger partial charge >= 0.3 is 0 Å². The molecule has 0 aliphatic carbocycles. The van der Waals surface area contributed by atoms with Gasteiger partial charge in [0.1, 0.15) is 0 Å². The molecule has 1 aromatic carbocycles. The van der Waals surface area contributed by atoms with Crippen molar-refractivity contribution < 1.29 is 13.2 Å². The first-order valence-corrected chi connectivity index (χ1v) is 9.43. The summed E-state index contributed by atoms with van der Waals surface area (Å²) < 4.78 is 32.4. The summed E-state index contributed by atoms with van der Waals surface area (Å²) in [4.78, 5) is 2.32. The average Bonchev–Trinajstić information content (AvgIpc) is 2.46. The quantitative estimate of drug-likeness (QED) is 0.822. The van der Waals surface area contributed by atoms with Crippen LogP contribution in [0.3, 0.4) is 0 Å². The lowest BCUT2D eigenvalue weighted by Gasteiger charge is -2.29. The Morgan fingerprint density at radius 2 is 2.05 bits per heavy atom. The van der Waals surface area contributed by atoms with Crippen molar-refractivity contribution >= 4 is 10.0 Å². The molecule has 1 heterocycles. The summed E-state index contributed by atoms with van der Waals surface area (Å²) in [6, 6.07) is 7.62. The second-order valence-corrected chi connectivity index (χ2v) is 7.92. The van der Waals surface area contributed by atoms with Gasteiger partial charge in [0.2, 0.25) is 10.0 Å². The van der Waals surface area contributed by atoms with Gasteiger partial charge in [-0.3, -0.25) is 4.90 Å². The number of hydrogen-bond donors (Lipinski definition) is 1. The third-order valence-electron chi connectivity index (χ3n) is 3.76. The van der Waals surface area contributed by atoms with E-state index in [0.29, 0.717) is 6.54 Å². The van der Waals surface area contributed by atoms with Gasteiger partial charge in [0.05, 0.1) is 19.0 Å². The molecule has 0 amide bonds. The Balaban J connectivity index is 1.78. The smallest absolute Gasteiger partial charge is 0.215 e. The van der Waals surface area contributed by atoms with E-state index in [0.717, 1.165) is 44.0 Å². The van der Waals surface area contributed by atoms with E-state index in [1.165, 1.54) is 0 Å². The first kappa shape index (κ1) is 17.4. The molecule has 1 aliphatic rings. The summed E-state index contributed by atoms with van der Waals surface area (Å²) in [6.07, 6.45) is 0. The molecule has 1 fully saturated rings. The molecule has 0 saturated carbocycles. The van der Waals surface area contributed by atoms with E-state index in [1.807, 2.05) is 31.2 Å². The van der Waals surface area contributed by atoms with Crippen LogP contribution >= 0.6 is 0 Å². The van der Waals surface area contributed by atoms with Gasteiger partial charge in [-0.2, -0.15) is 0 Å². The molecule has 2 rings (SSSR count). The monoisotopic (exact) mass is 326 g/mol. The molecular weight excluding hydrogens is 300 g/mol. The maximum Gasteiger partial charge on any atom is 0.215 e. The van der Waals surface area contributed by atoms with Crippen LogP contribution in [0.15, 0.2) is 24.3 Å². The van der Waals surface area contributed by atoms with Crippen LogP contribution in [-0.4, -0.2) is 52.7 Å². The number of benzene rings is 1.